The molecule has 100 valence electrons. The smallest absolute Gasteiger partial charge is 0.0899 e. The average Bonchev–Trinajstić information content (AvgIpc) is 2.28. The van der Waals surface area contributed by atoms with Gasteiger partial charge in [-0.25, -0.2) is 0 Å². The first kappa shape index (κ1) is 14.8. The Hall–Kier alpha value is -0.230. The summed E-state index contributed by atoms with van der Waals surface area (Å²) in [6.45, 7) is 12.3. The third kappa shape index (κ3) is 5.29. The third-order valence-corrected chi connectivity index (χ3v) is 3.57. The van der Waals surface area contributed by atoms with Crippen LogP contribution in [0.15, 0.2) is 0 Å². The molecule has 0 saturated carbocycles. The van der Waals surface area contributed by atoms with E-state index in [9.17, 15) is 0 Å². The molecule has 1 rings (SSSR count). The summed E-state index contributed by atoms with van der Waals surface area (Å²) in [5.41, 5.74) is 5.67. The van der Waals surface area contributed by atoms with E-state index in [1.54, 1.807) is 0 Å². The zero-order valence-electron chi connectivity index (χ0n) is 11.2. The van der Waals surface area contributed by atoms with Crippen LogP contribution in [0.3, 0.4) is 0 Å². The van der Waals surface area contributed by atoms with Gasteiger partial charge in [-0.15, -0.1) is 0 Å². The Morgan fingerprint density at radius 3 is 2.29 bits per heavy atom. The molecule has 0 aromatic heterocycles. The van der Waals surface area contributed by atoms with E-state index in [0.717, 1.165) is 39.3 Å². The molecule has 0 amide bonds. The number of ether oxygens (including phenoxy) is 1. The Balaban J connectivity index is 2.19. The second kappa shape index (κ2) is 7.26. The van der Waals surface area contributed by atoms with Crippen molar-refractivity contribution < 1.29 is 4.74 Å². The van der Waals surface area contributed by atoms with Crippen molar-refractivity contribution >= 4 is 17.2 Å². The minimum atomic E-state index is 0.221. The SMILES string of the molecule is CC(C)OCCN1CCN(C(C)C(N)=S)CC1. The van der Waals surface area contributed by atoms with Gasteiger partial charge in [0.2, 0.25) is 0 Å². The molecule has 4 nitrogen and oxygen atoms in total. The summed E-state index contributed by atoms with van der Waals surface area (Å²) in [4.78, 5) is 5.38. The van der Waals surface area contributed by atoms with Gasteiger partial charge < -0.3 is 10.5 Å². The fourth-order valence-electron chi connectivity index (χ4n) is 1.97. The molecular formula is C12H25N3OS. The summed E-state index contributed by atoms with van der Waals surface area (Å²) in [6, 6.07) is 0.221. The molecule has 0 radical (unpaired) electrons. The van der Waals surface area contributed by atoms with Gasteiger partial charge in [0.05, 0.1) is 23.7 Å². The summed E-state index contributed by atoms with van der Waals surface area (Å²) in [7, 11) is 0. The molecule has 1 saturated heterocycles. The molecular weight excluding hydrogens is 234 g/mol. The van der Waals surface area contributed by atoms with E-state index in [-0.39, 0.29) is 6.04 Å². The number of piperazine rings is 1. The molecule has 1 unspecified atom stereocenters. The Morgan fingerprint density at radius 2 is 1.82 bits per heavy atom. The van der Waals surface area contributed by atoms with Crippen LogP contribution in [-0.4, -0.2) is 66.3 Å². The van der Waals surface area contributed by atoms with Crippen LogP contribution in [0.5, 0.6) is 0 Å². The number of hydrogen-bond acceptors (Lipinski definition) is 4. The van der Waals surface area contributed by atoms with Crippen molar-refractivity contribution in [2.45, 2.75) is 32.9 Å². The van der Waals surface area contributed by atoms with Crippen molar-refractivity contribution in [1.29, 1.82) is 0 Å². The van der Waals surface area contributed by atoms with E-state index in [0.29, 0.717) is 11.1 Å². The number of nitrogens with zero attached hydrogens (tertiary/aromatic N) is 2. The van der Waals surface area contributed by atoms with Crippen LogP contribution in [0, 0.1) is 0 Å². The first-order chi connectivity index (χ1) is 8.00. The monoisotopic (exact) mass is 259 g/mol. The third-order valence-electron chi connectivity index (χ3n) is 3.23. The number of hydrogen-bond donors (Lipinski definition) is 1. The molecule has 1 atom stereocenters. The molecule has 0 aromatic rings. The first-order valence-corrected chi connectivity index (χ1v) is 6.79. The van der Waals surface area contributed by atoms with Crippen LogP contribution in [0.25, 0.3) is 0 Å². The van der Waals surface area contributed by atoms with E-state index in [2.05, 4.69) is 30.6 Å². The molecule has 17 heavy (non-hydrogen) atoms. The molecule has 5 heteroatoms. The topological polar surface area (TPSA) is 41.7 Å². The quantitative estimate of drug-likeness (QED) is 0.711. The van der Waals surface area contributed by atoms with Gasteiger partial charge in [0.1, 0.15) is 0 Å². The summed E-state index contributed by atoms with van der Waals surface area (Å²) in [6.07, 6.45) is 0.325. The normalized spacial score (nSPS) is 20.7. The molecule has 2 N–H and O–H groups in total. The van der Waals surface area contributed by atoms with Crippen molar-refractivity contribution in [3.63, 3.8) is 0 Å². The summed E-state index contributed by atoms with van der Waals surface area (Å²) >= 11 is 5.03. The lowest BCUT2D eigenvalue weighted by Gasteiger charge is -2.37. The minimum absolute atomic E-state index is 0.221. The predicted octanol–water partition coefficient (Wildman–Crippen LogP) is 0.704. The predicted molar refractivity (Wildman–Crippen MR) is 75.3 cm³/mol. The van der Waals surface area contributed by atoms with Gasteiger partial charge >= 0.3 is 0 Å². The highest BCUT2D eigenvalue weighted by Gasteiger charge is 2.21. The summed E-state index contributed by atoms with van der Waals surface area (Å²) in [5.74, 6) is 0. The average molecular weight is 259 g/mol. The second-order valence-corrected chi connectivity index (χ2v) is 5.35. The zero-order valence-corrected chi connectivity index (χ0v) is 12.0. The molecule has 0 spiro atoms. The van der Waals surface area contributed by atoms with Gasteiger partial charge in [-0.1, -0.05) is 12.2 Å². The molecule has 1 aliphatic rings. The van der Waals surface area contributed by atoms with Crippen LogP contribution < -0.4 is 5.73 Å². The lowest BCUT2D eigenvalue weighted by atomic mass is 10.2. The molecule has 1 fully saturated rings. The largest absolute Gasteiger partial charge is 0.392 e. The van der Waals surface area contributed by atoms with Crippen LogP contribution in [0.2, 0.25) is 0 Å². The molecule has 1 heterocycles. The number of thiocarbonyl (C=S) groups is 1. The van der Waals surface area contributed by atoms with Gasteiger partial charge in [-0.05, 0) is 20.8 Å². The lowest BCUT2D eigenvalue weighted by molar-refractivity contribution is 0.0431. The summed E-state index contributed by atoms with van der Waals surface area (Å²) in [5, 5.41) is 0. The number of rotatable bonds is 6. The maximum absolute atomic E-state index is 5.67. The Labute approximate surface area is 110 Å². The summed E-state index contributed by atoms with van der Waals surface area (Å²) < 4.78 is 5.56. The Kier molecular flexibility index (Phi) is 6.33. The van der Waals surface area contributed by atoms with E-state index in [1.807, 2.05) is 0 Å². The molecule has 0 aliphatic carbocycles. The van der Waals surface area contributed by atoms with Crippen molar-refractivity contribution in [1.82, 2.24) is 9.80 Å². The van der Waals surface area contributed by atoms with Gasteiger partial charge in [-0.2, -0.15) is 0 Å². The van der Waals surface area contributed by atoms with Crippen molar-refractivity contribution in [2.24, 2.45) is 5.73 Å². The van der Waals surface area contributed by atoms with Crippen molar-refractivity contribution in [3.8, 4) is 0 Å². The first-order valence-electron chi connectivity index (χ1n) is 6.38. The van der Waals surface area contributed by atoms with Crippen LogP contribution in [0.1, 0.15) is 20.8 Å². The maximum atomic E-state index is 5.67. The maximum Gasteiger partial charge on any atom is 0.0899 e. The highest BCUT2D eigenvalue weighted by Crippen LogP contribution is 2.06. The fourth-order valence-corrected chi connectivity index (χ4v) is 2.12. The minimum Gasteiger partial charge on any atom is -0.392 e. The van der Waals surface area contributed by atoms with E-state index in [4.69, 9.17) is 22.7 Å². The highest BCUT2D eigenvalue weighted by atomic mass is 32.1. The van der Waals surface area contributed by atoms with Crippen LogP contribution in [-0.2, 0) is 4.74 Å². The highest BCUT2D eigenvalue weighted by molar-refractivity contribution is 7.80. The second-order valence-electron chi connectivity index (χ2n) is 4.88. The molecule has 1 aliphatic heterocycles. The van der Waals surface area contributed by atoms with Crippen molar-refractivity contribution in [3.05, 3.63) is 0 Å². The fraction of sp³-hybridized carbons (Fsp3) is 0.917. The molecule has 0 bridgehead atoms. The standard InChI is InChI=1S/C12H25N3OS/c1-10(2)16-9-8-14-4-6-15(7-5-14)11(3)12(13)17/h10-11H,4-9H2,1-3H3,(H2,13,17). The van der Waals surface area contributed by atoms with E-state index >= 15 is 0 Å². The Bertz CT molecular complexity index is 240. The molecule has 0 aromatic carbocycles. The van der Waals surface area contributed by atoms with E-state index in [1.165, 1.54) is 0 Å². The van der Waals surface area contributed by atoms with Gasteiger partial charge in [-0.3, -0.25) is 9.80 Å². The van der Waals surface area contributed by atoms with Gasteiger partial charge in [0, 0.05) is 32.7 Å². The van der Waals surface area contributed by atoms with Gasteiger partial charge in [0.25, 0.3) is 0 Å². The lowest BCUT2D eigenvalue weighted by Crippen LogP contribution is -2.53. The van der Waals surface area contributed by atoms with Gasteiger partial charge in [0.15, 0.2) is 0 Å². The number of nitrogens with two attached hydrogens (primary N) is 1. The van der Waals surface area contributed by atoms with E-state index < -0.39 is 0 Å². The zero-order chi connectivity index (χ0) is 12.8. The van der Waals surface area contributed by atoms with Crippen molar-refractivity contribution in [2.75, 3.05) is 39.3 Å². The van der Waals surface area contributed by atoms with Crippen LogP contribution in [0.4, 0.5) is 0 Å². The Morgan fingerprint density at radius 1 is 1.24 bits per heavy atom. The van der Waals surface area contributed by atoms with Crippen LogP contribution >= 0.6 is 12.2 Å².